The quantitative estimate of drug-likeness (QED) is 0.747. The van der Waals surface area contributed by atoms with Gasteiger partial charge in [-0.1, -0.05) is 0 Å². The molecule has 82 valence electrons. The fourth-order valence-corrected chi connectivity index (χ4v) is 2.15. The SMILES string of the molecule is Cc1nccc(N2CCC(N)CC2C)n1. The second kappa shape index (κ2) is 4.14. The Kier molecular flexibility index (Phi) is 2.86. The van der Waals surface area contributed by atoms with Crippen molar-refractivity contribution in [3.05, 3.63) is 18.1 Å². The zero-order valence-corrected chi connectivity index (χ0v) is 9.35. The molecule has 0 aromatic carbocycles. The number of hydrogen-bond acceptors (Lipinski definition) is 4. The molecule has 1 saturated heterocycles. The van der Waals surface area contributed by atoms with E-state index in [1.807, 2.05) is 19.2 Å². The van der Waals surface area contributed by atoms with E-state index in [1.165, 1.54) is 0 Å². The minimum Gasteiger partial charge on any atom is -0.354 e. The fourth-order valence-electron chi connectivity index (χ4n) is 2.15. The Morgan fingerprint density at radius 2 is 2.33 bits per heavy atom. The third kappa shape index (κ3) is 2.26. The highest BCUT2D eigenvalue weighted by molar-refractivity contribution is 5.39. The molecular formula is C11H18N4. The van der Waals surface area contributed by atoms with Gasteiger partial charge in [-0.2, -0.15) is 0 Å². The molecule has 0 saturated carbocycles. The fraction of sp³-hybridized carbons (Fsp3) is 0.636. The third-order valence-electron chi connectivity index (χ3n) is 2.97. The third-order valence-corrected chi connectivity index (χ3v) is 2.97. The number of aromatic nitrogens is 2. The molecule has 0 bridgehead atoms. The molecule has 1 fully saturated rings. The van der Waals surface area contributed by atoms with Gasteiger partial charge in [0.2, 0.25) is 0 Å². The van der Waals surface area contributed by atoms with Gasteiger partial charge in [0.1, 0.15) is 11.6 Å². The molecule has 2 rings (SSSR count). The maximum atomic E-state index is 5.94. The van der Waals surface area contributed by atoms with Crippen molar-refractivity contribution in [2.24, 2.45) is 5.73 Å². The van der Waals surface area contributed by atoms with Gasteiger partial charge in [-0.3, -0.25) is 0 Å². The highest BCUT2D eigenvalue weighted by Gasteiger charge is 2.23. The first-order chi connectivity index (χ1) is 7.16. The molecule has 15 heavy (non-hydrogen) atoms. The normalized spacial score (nSPS) is 26.7. The van der Waals surface area contributed by atoms with Crippen molar-refractivity contribution in [3.63, 3.8) is 0 Å². The van der Waals surface area contributed by atoms with Gasteiger partial charge in [-0.25, -0.2) is 9.97 Å². The summed E-state index contributed by atoms with van der Waals surface area (Å²) >= 11 is 0. The van der Waals surface area contributed by atoms with E-state index in [0.29, 0.717) is 12.1 Å². The lowest BCUT2D eigenvalue weighted by atomic mass is 9.99. The van der Waals surface area contributed by atoms with Crippen molar-refractivity contribution < 1.29 is 0 Å². The van der Waals surface area contributed by atoms with E-state index in [4.69, 9.17) is 5.73 Å². The van der Waals surface area contributed by atoms with Crippen LogP contribution < -0.4 is 10.6 Å². The van der Waals surface area contributed by atoms with Gasteiger partial charge in [0.25, 0.3) is 0 Å². The van der Waals surface area contributed by atoms with E-state index in [0.717, 1.165) is 31.0 Å². The number of nitrogens with two attached hydrogens (primary N) is 1. The van der Waals surface area contributed by atoms with Crippen LogP contribution in [0.5, 0.6) is 0 Å². The van der Waals surface area contributed by atoms with Gasteiger partial charge in [0, 0.05) is 24.8 Å². The summed E-state index contributed by atoms with van der Waals surface area (Å²) in [7, 11) is 0. The summed E-state index contributed by atoms with van der Waals surface area (Å²) in [5, 5.41) is 0. The Morgan fingerprint density at radius 3 is 3.00 bits per heavy atom. The number of nitrogens with zero attached hydrogens (tertiary/aromatic N) is 3. The first-order valence-electron chi connectivity index (χ1n) is 5.48. The Bertz CT molecular complexity index is 339. The first-order valence-corrected chi connectivity index (χ1v) is 5.48. The summed E-state index contributed by atoms with van der Waals surface area (Å²) in [5.74, 6) is 1.86. The highest BCUT2D eigenvalue weighted by Crippen LogP contribution is 2.21. The van der Waals surface area contributed by atoms with Crippen LogP contribution in [-0.2, 0) is 0 Å². The van der Waals surface area contributed by atoms with Crippen LogP contribution in [0.4, 0.5) is 5.82 Å². The van der Waals surface area contributed by atoms with Crippen LogP contribution >= 0.6 is 0 Å². The van der Waals surface area contributed by atoms with Crippen molar-refractivity contribution in [1.82, 2.24) is 9.97 Å². The van der Waals surface area contributed by atoms with E-state index < -0.39 is 0 Å². The van der Waals surface area contributed by atoms with Crippen molar-refractivity contribution in [1.29, 1.82) is 0 Å². The predicted molar refractivity (Wildman–Crippen MR) is 60.8 cm³/mol. The smallest absolute Gasteiger partial charge is 0.132 e. The lowest BCUT2D eigenvalue weighted by molar-refractivity contribution is 0.427. The van der Waals surface area contributed by atoms with E-state index in [9.17, 15) is 0 Å². The van der Waals surface area contributed by atoms with E-state index in [-0.39, 0.29) is 0 Å². The maximum absolute atomic E-state index is 5.94. The molecule has 4 nitrogen and oxygen atoms in total. The Balaban J connectivity index is 2.17. The predicted octanol–water partition coefficient (Wildman–Crippen LogP) is 1.10. The molecule has 2 unspecified atom stereocenters. The molecule has 0 amide bonds. The number of hydrogen-bond donors (Lipinski definition) is 1. The molecule has 2 heterocycles. The van der Waals surface area contributed by atoms with Gasteiger partial charge in [0.05, 0.1) is 0 Å². The van der Waals surface area contributed by atoms with Gasteiger partial charge >= 0.3 is 0 Å². The van der Waals surface area contributed by atoms with Gasteiger partial charge in [-0.15, -0.1) is 0 Å². The van der Waals surface area contributed by atoms with Crippen LogP contribution in [0, 0.1) is 6.92 Å². The summed E-state index contributed by atoms with van der Waals surface area (Å²) in [4.78, 5) is 10.9. The Morgan fingerprint density at radius 1 is 1.53 bits per heavy atom. The number of aryl methyl sites for hydroxylation is 1. The monoisotopic (exact) mass is 206 g/mol. The molecule has 0 radical (unpaired) electrons. The summed E-state index contributed by atoms with van der Waals surface area (Å²) in [6, 6.07) is 2.79. The van der Waals surface area contributed by atoms with Crippen LogP contribution in [0.15, 0.2) is 12.3 Å². The molecule has 1 aliphatic heterocycles. The van der Waals surface area contributed by atoms with Crippen molar-refractivity contribution in [2.75, 3.05) is 11.4 Å². The summed E-state index contributed by atoms with van der Waals surface area (Å²) in [6.45, 7) is 5.12. The van der Waals surface area contributed by atoms with Crippen LogP contribution in [-0.4, -0.2) is 28.6 Å². The second-order valence-corrected chi connectivity index (χ2v) is 4.29. The molecule has 0 aliphatic carbocycles. The second-order valence-electron chi connectivity index (χ2n) is 4.29. The van der Waals surface area contributed by atoms with Crippen molar-refractivity contribution >= 4 is 5.82 Å². The first kappa shape index (κ1) is 10.4. The minimum absolute atomic E-state index is 0.346. The lowest BCUT2D eigenvalue weighted by Crippen LogP contribution is -2.46. The van der Waals surface area contributed by atoms with E-state index in [2.05, 4.69) is 21.8 Å². The number of piperidine rings is 1. The number of rotatable bonds is 1. The van der Waals surface area contributed by atoms with E-state index >= 15 is 0 Å². The van der Waals surface area contributed by atoms with Crippen LogP contribution in [0.2, 0.25) is 0 Å². The van der Waals surface area contributed by atoms with Crippen molar-refractivity contribution in [2.45, 2.75) is 38.8 Å². The maximum Gasteiger partial charge on any atom is 0.132 e. The summed E-state index contributed by atoms with van der Waals surface area (Å²) < 4.78 is 0. The zero-order valence-electron chi connectivity index (χ0n) is 9.35. The highest BCUT2D eigenvalue weighted by atomic mass is 15.2. The topological polar surface area (TPSA) is 55.0 Å². The Labute approximate surface area is 90.5 Å². The van der Waals surface area contributed by atoms with Crippen molar-refractivity contribution in [3.8, 4) is 0 Å². The Hall–Kier alpha value is -1.16. The molecule has 4 heteroatoms. The van der Waals surface area contributed by atoms with Gasteiger partial charge in [-0.05, 0) is 32.8 Å². The summed E-state index contributed by atoms with van der Waals surface area (Å²) in [5.41, 5.74) is 5.94. The molecule has 1 aliphatic rings. The average Bonchev–Trinajstić information content (AvgIpc) is 2.17. The zero-order chi connectivity index (χ0) is 10.8. The van der Waals surface area contributed by atoms with Gasteiger partial charge < -0.3 is 10.6 Å². The molecule has 0 spiro atoms. The van der Waals surface area contributed by atoms with E-state index in [1.54, 1.807) is 0 Å². The average molecular weight is 206 g/mol. The standard InChI is InChI=1S/C11H18N4/c1-8-7-10(12)4-6-15(8)11-3-5-13-9(2)14-11/h3,5,8,10H,4,6-7,12H2,1-2H3. The minimum atomic E-state index is 0.346. The number of anilines is 1. The van der Waals surface area contributed by atoms with Crippen LogP contribution in [0.25, 0.3) is 0 Å². The van der Waals surface area contributed by atoms with Crippen LogP contribution in [0.3, 0.4) is 0 Å². The molecule has 1 aromatic rings. The van der Waals surface area contributed by atoms with Gasteiger partial charge in [0.15, 0.2) is 0 Å². The molecule has 2 N–H and O–H groups in total. The summed E-state index contributed by atoms with van der Waals surface area (Å²) in [6.07, 6.45) is 3.91. The molecule has 1 aromatic heterocycles. The molecule has 2 atom stereocenters. The molecular weight excluding hydrogens is 188 g/mol. The largest absolute Gasteiger partial charge is 0.354 e. The lowest BCUT2D eigenvalue weighted by Gasteiger charge is -2.37. The van der Waals surface area contributed by atoms with Crippen LogP contribution in [0.1, 0.15) is 25.6 Å².